The van der Waals surface area contributed by atoms with Crippen LogP contribution in [-0.2, 0) is 23.3 Å². The number of halogens is 2. The molecule has 0 fully saturated rings. The molecule has 1 aliphatic carbocycles. The minimum absolute atomic E-state index is 0. The first-order valence-corrected chi connectivity index (χ1v) is 14.2. The normalized spacial score (nSPS) is 13.5. The zero-order chi connectivity index (χ0) is 21.7. The van der Waals surface area contributed by atoms with Crippen LogP contribution >= 0.6 is 24.8 Å². The maximum absolute atomic E-state index is 3.36. The molecule has 2 radical (unpaired) electrons. The average molecular weight is 577 g/mol. The summed E-state index contributed by atoms with van der Waals surface area (Å²) in [6.45, 7) is 18.3. The summed E-state index contributed by atoms with van der Waals surface area (Å²) >= 11 is 1.36. The molecule has 3 aromatic carbocycles. The Morgan fingerprint density at radius 3 is 1.88 bits per heavy atom. The summed E-state index contributed by atoms with van der Waals surface area (Å²) in [5, 5.41) is 2.67. The number of hydrogen-bond acceptors (Lipinski definition) is 0. The maximum atomic E-state index is 3.36. The van der Waals surface area contributed by atoms with E-state index in [2.05, 4.69) is 110 Å². The average Bonchev–Trinajstić information content (AvgIpc) is 3.25. The first-order valence-electron chi connectivity index (χ1n) is 10.1. The van der Waals surface area contributed by atoms with Crippen molar-refractivity contribution < 1.29 is 23.3 Å². The van der Waals surface area contributed by atoms with E-state index in [1.807, 2.05) is 0 Å². The zero-order valence-electron chi connectivity index (χ0n) is 21.5. The molecule has 1 atom stereocenters. The summed E-state index contributed by atoms with van der Waals surface area (Å²) in [4.78, 5) is 0. The SMILES string of the molecule is CC1=[C-]C(C)C(C)=C1C.Cc1ccc(-c2c[cH-]c3ccccc23)c(C)c1C.Cl.Cl.[CH3-].[CH3-].[Si]=[Zr]. The molecule has 0 amide bonds. The van der Waals surface area contributed by atoms with Crippen LogP contribution in [0.3, 0.4) is 0 Å². The second-order valence-electron chi connectivity index (χ2n) is 7.81. The Labute approximate surface area is 232 Å². The Bertz CT molecular complexity index is 1080. The first kappa shape index (κ1) is 36.8. The molecular weight excluding hydrogens is 539 g/mol. The van der Waals surface area contributed by atoms with Crippen molar-refractivity contribution in [2.45, 2.75) is 48.5 Å². The Kier molecular flexibility index (Phi) is 18.7. The van der Waals surface area contributed by atoms with E-state index in [0.717, 1.165) is 0 Å². The molecule has 0 nitrogen and oxygen atoms in total. The van der Waals surface area contributed by atoms with Gasteiger partial charge in [-0.1, -0.05) is 56.0 Å². The van der Waals surface area contributed by atoms with Gasteiger partial charge in [0.15, 0.2) is 0 Å². The first-order chi connectivity index (χ1) is 13.8. The quantitative estimate of drug-likeness (QED) is 0.200. The molecule has 33 heavy (non-hydrogen) atoms. The number of allylic oxidation sites excluding steroid dienone is 4. The molecule has 4 rings (SSSR count). The van der Waals surface area contributed by atoms with Crippen molar-refractivity contribution in [3.05, 3.63) is 103 Å². The molecule has 0 aliphatic heterocycles. The second-order valence-corrected chi connectivity index (χ2v) is 7.81. The van der Waals surface area contributed by atoms with Crippen molar-refractivity contribution in [1.29, 1.82) is 0 Å². The molecule has 4 heteroatoms. The van der Waals surface area contributed by atoms with Gasteiger partial charge >= 0.3 is 30.2 Å². The third kappa shape index (κ3) is 8.43. The van der Waals surface area contributed by atoms with Crippen LogP contribution in [-0.4, -0.2) is 6.88 Å². The number of hydrogen-bond donors (Lipinski definition) is 0. The van der Waals surface area contributed by atoms with E-state index < -0.39 is 0 Å². The van der Waals surface area contributed by atoms with Gasteiger partial charge in [0.2, 0.25) is 0 Å². The van der Waals surface area contributed by atoms with Crippen molar-refractivity contribution in [1.82, 2.24) is 0 Å². The zero-order valence-corrected chi connectivity index (χ0v) is 26.6. The van der Waals surface area contributed by atoms with Crippen molar-refractivity contribution >= 4 is 42.5 Å². The molecule has 0 heterocycles. The van der Waals surface area contributed by atoms with E-state index in [0.29, 0.717) is 5.92 Å². The van der Waals surface area contributed by atoms with Crippen LogP contribution in [0.15, 0.2) is 65.3 Å². The van der Waals surface area contributed by atoms with Crippen molar-refractivity contribution in [3.8, 4) is 11.1 Å². The summed E-state index contributed by atoms with van der Waals surface area (Å²) < 4.78 is 0. The van der Waals surface area contributed by atoms with Gasteiger partial charge < -0.3 is 14.9 Å². The minimum atomic E-state index is 0. The molecule has 0 bridgehead atoms. The molecule has 3 aromatic rings. The Balaban J connectivity index is -0.000000522. The Morgan fingerprint density at radius 2 is 1.39 bits per heavy atom. The number of rotatable bonds is 1. The van der Waals surface area contributed by atoms with Gasteiger partial charge in [-0.2, -0.15) is 11.1 Å². The summed E-state index contributed by atoms with van der Waals surface area (Å²) in [6, 6.07) is 17.5. The van der Waals surface area contributed by atoms with Crippen molar-refractivity contribution in [2.24, 2.45) is 5.92 Å². The molecule has 0 N–H and O–H groups in total. The fraction of sp³-hybridized carbons (Fsp3) is 0.276. The molecule has 180 valence electrons. The summed E-state index contributed by atoms with van der Waals surface area (Å²) in [5.41, 5.74) is 11.1. The molecule has 0 aromatic heterocycles. The topological polar surface area (TPSA) is 0 Å². The second kappa shape index (κ2) is 16.8. The molecule has 0 saturated heterocycles. The van der Waals surface area contributed by atoms with Gasteiger partial charge in [0.25, 0.3) is 0 Å². The predicted molar refractivity (Wildman–Crippen MR) is 152 cm³/mol. The summed E-state index contributed by atoms with van der Waals surface area (Å²) in [7, 11) is 0. The van der Waals surface area contributed by atoms with E-state index in [-0.39, 0.29) is 39.7 Å². The third-order valence-electron chi connectivity index (χ3n) is 6.27. The van der Waals surface area contributed by atoms with E-state index >= 15 is 0 Å². The van der Waals surface area contributed by atoms with Crippen LogP contribution in [0.1, 0.15) is 44.4 Å². The molecular formula is C29H38Cl2SiZr-4. The van der Waals surface area contributed by atoms with Gasteiger partial charge in [0.1, 0.15) is 0 Å². The van der Waals surface area contributed by atoms with Crippen molar-refractivity contribution in [3.63, 3.8) is 0 Å². The van der Waals surface area contributed by atoms with Crippen LogP contribution in [0.2, 0.25) is 0 Å². The molecule has 0 spiro atoms. The van der Waals surface area contributed by atoms with E-state index in [1.54, 1.807) is 0 Å². The summed E-state index contributed by atoms with van der Waals surface area (Å²) in [6.07, 6.45) is 3.36. The van der Waals surface area contributed by atoms with Gasteiger partial charge in [-0.3, -0.25) is 6.08 Å². The van der Waals surface area contributed by atoms with Crippen LogP contribution in [0, 0.1) is 47.6 Å². The Hall–Kier alpha value is -0.790. The standard InChI is InChI=1S/C18H17.C9H13.2CH3.2ClH.Si.Zr/c1-12-8-10-16(14(3)13(12)2)18-11-9-15-6-4-5-7-17(15)18;1-6-5-7(2)9(4)8(6)3;;;;;;/h4-11H,1-3H3;6H,1-4H3;2*1H3;2*1H;;/q4*-1;;;;. The fourth-order valence-corrected chi connectivity index (χ4v) is 3.80. The van der Waals surface area contributed by atoms with Gasteiger partial charge in [-0.05, 0) is 31.9 Å². The van der Waals surface area contributed by atoms with Crippen LogP contribution in [0.25, 0.3) is 21.9 Å². The van der Waals surface area contributed by atoms with Crippen LogP contribution in [0.5, 0.6) is 0 Å². The Morgan fingerprint density at radius 1 is 0.818 bits per heavy atom. The molecule has 1 unspecified atom stereocenters. The van der Waals surface area contributed by atoms with Gasteiger partial charge in [0, 0.05) is 0 Å². The number of benzene rings is 2. The van der Waals surface area contributed by atoms with Gasteiger partial charge in [-0.15, -0.1) is 78.4 Å². The number of aryl methyl sites for hydroxylation is 1. The number of fused-ring (bicyclic) bond motifs is 1. The van der Waals surface area contributed by atoms with Crippen LogP contribution in [0.4, 0.5) is 0 Å². The molecule has 0 saturated carbocycles. The predicted octanol–water partition coefficient (Wildman–Crippen LogP) is 9.23. The monoisotopic (exact) mass is 574 g/mol. The summed E-state index contributed by atoms with van der Waals surface area (Å²) in [5.74, 6) is 0.560. The molecule has 1 aliphatic rings. The van der Waals surface area contributed by atoms with Crippen LogP contribution < -0.4 is 0 Å². The van der Waals surface area contributed by atoms with E-state index in [4.69, 9.17) is 0 Å². The fourth-order valence-electron chi connectivity index (χ4n) is 3.80. The van der Waals surface area contributed by atoms with E-state index in [1.165, 1.54) is 78.6 Å². The van der Waals surface area contributed by atoms with Gasteiger partial charge in [-0.25, -0.2) is 5.57 Å². The van der Waals surface area contributed by atoms with E-state index in [9.17, 15) is 0 Å². The third-order valence-corrected chi connectivity index (χ3v) is 6.27. The van der Waals surface area contributed by atoms with Gasteiger partial charge in [0.05, 0.1) is 0 Å². The van der Waals surface area contributed by atoms with Crippen molar-refractivity contribution in [2.75, 3.05) is 0 Å².